The SMILES string of the molecule is CCCNC(=O)C(CCCNC(=N)N)NC(=O)CN(CCNC(=O)C(CCCNC(=N)N)NC)C(O)Cn1cc(C)c(=O)[nH]c1=O. The number of likely N-dealkylation sites (N-methyl/N-ethyl adjacent to an activating group) is 1. The Kier molecular flexibility index (Phi) is 18.3. The highest BCUT2D eigenvalue weighted by Gasteiger charge is 2.25. The first kappa shape index (κ1) is 39.5. The topological polar surface area (TPSA) is 301 Å². The number of nitrogens with two attached hydrogens (primary N) is 2. The second-order valence-corrected chi connectivity index (χ2v) is 10.7. The molecule has 0 aliphatic heterocycles. The molecule has 0 bridgehead atoms. The lowest BCUT2D eigenvalue weighted by Gasteiger charge is -2.29. The monoisotopic (exact) mass is 653 g/mol. The smallest absolute Gasteiger partial charge is 0.328 e. The molecule has 0 radical (unpaired) electrons. The minimum Gasteiger partial charge on any atom is -0.376 e. The van der Waals surface area contributed by atoms with Crippen molar-refractivity contribution in [1.82, 2.24) is 46.4 Å². The van der Waals surface area contributed by atoms with Crippen LogP contribution >= 0.6 is 0 Å². The van der Waals surface area contributed by atoms with Crippen molar-refractivity contribution in [2.75, 3.05) is 46.3 Å². The van der Waals surface area contributed by atoms with E-state index in [9.17, 15) is 29.1 Å². The molecule has 19 nitrogen and oxygen atoms in total. The second-order valence-electron chi connectivity index (χ2n) is 10.7. The Bertz CT molecular complexity index is 1270. The van der Waals surface area contributed by atoms with Crippen LogP contribution in [0.3, 0.4) is 0 Å². The van der Waals surface area contributed by atoms with E-state index in [2.05, 4.69) is 36.9 Å². The number of aryl methyl sites for hydroxylation is 1. The average molecular weight is 654 g/mol. The number of guanidine groups is 2. The number of amides is 3. The van der Waals surface area contributed by atoms with Crippen LogP contribution in [0.4, 0.5) is 0 Å². The molecule has 0 saturated carbocycles. The van der Waals surface area contributed by atoms with Gasteiger partial charge in [-0.1, -0.05) is 6.92 Å². The van der Waals surface area contributed by atoms with Gasteiger partial charge < -0.3 is 48.5 Å². The zero-order chi connectivity index (χ0) is 34.6. The third-order valence-corrected chi connectivity index (χ3v) is 6.85. The van der Waals surface area contributed by atoms with Gasteiger partial charge in [-0.3, -0.25) is 44.4 Å². The maximum atomic E-state index is 13.2. The number of hydrogen-bond donors (Lipinski definition) is 12. The van der Waals surface area contributed by atoms with Gasteiger partial charge in [-0.15, -0.1) is 0 Å². The number of carbonyl (C=O) groups is 3. The van der Waals surface area contributed by atoms with Crippen LogP contribution in [0.2, 0.25) is 0 Å². The predicted octanol–water partition coefficient (Wildman–Crippen LogP) is -4.29. The molecule has 0 fully saturated rings. The van der Waals surface area contributed by atoms with Gasteiger partial charge in [0.05, 0.1) is 19.1 Å². The molecule has 46 heavy (non-hydrogen) atoms. The molecule has 260 valence electrons. The first-order valence-electron chi connectivity index (χ1n) is 15.2. The number of aliphatic hydroxyl groups is 1. The summed E-state index contributed by atoms with van der Waals surface area (Å²) in [5, 5.41) is 42.1. The summed E-state index contributed by atoms with van der Waals surface area (Å²) in [4.78, 5) is 66.4. The number of nitrogens with one attached hydrogen (secondary N) is 9. The van der Waals surface area contributed by atoms with Gasteiger partial charge in [0.25, 0.3) is 5.56 Å². The van der Waals surface area contributed by atoms with Gasteiger partial charge in [0.15, 0.2) is 11.9 Å². The Morgan fingerprint density at radius 3 is 2.09 bits per heavy atom. The Labute approximate surface area is 267 Å². The highest BCUT2D eigenvalue weighted by atomic mass is 16.3. The lowest BCUT2D eigenvalue weighted by molar-refractivity contribution is -0.131. The maximum Gasteiger partial charge on any atom is 0.328 e. The van der Waals surface area contributed by atoms with Gasteiger partial charge in [-0.05, 0) is 46.1 Å². The summed E-state index contributed by atoms with van der Waals surface area (Å²) in [6.45, 7) is 3.90. The first-order chi connectivity index (χ1) is 21.8. The van der Waals surface area contributed by atoms with Crippen LogP contribution in [-0.2, 0) is 20.9 Å². The number of hydrogen-bond acceptors (Lipinski definition) is 10. The standard InChI is InChI=1S/C27H51N13O6/c1-4-9-33-24(45)19(8-6-11-36-26(30)31)37-20(41)15-39(21(42)16-40-14-17(2)22(43)38-27(40)46)13-12-34-23(44)18(32-3)7-5-10-35-25(28)29/h14,18-19,21,32,42H,4-13,15-16H2,1-3H3,(H,33,45)(H,34,44)(H,37,41)(H4,28,29,35)(H4,30,31,36)(H,38,43,46). The zero-order valence-corrected chi connectivity index (χ0v) is 26.8. The highest BCUT2D eigenvalue weighted by Crippen LogP contribution is 2.03. The molecule has 0 aliphatic carbocycles. The maximum absolute atomic E-state index is 13.2. The van der Waals surface area contributed by atoms with Crippen molar-refractivity contribution in [3.05, 3.63) is 32.6 Å². The summed E-state index contributed by atoms with van der Waals surface area (Å²) < 4.78 is 1.11. The van der Waals surface area contributed by atoms with E-state index in [0.29, 0.717) is 45.3 Å². The lowest BCUT2D eigenvalue weighted by Crippen LogP contribution is -2.53. The number of nitrogens with zero attached hydrogens (tertiary/aromatic N) is 2. The normalized spacial score (nSPS) is 12.9. The van der Waals surface area contributed by atoms with Crippen molar-refractivity contribution in [3.8, 4) is 0 Å². The summed E-state index contributed by atoms with van der Waals surface area (Å²) >= 11 is 0. The average Bonchev–Trinajstić information content (AvgIpc) is 2.99. The number of aromatic nitrogens is 2. The number of aromatic amines is 1. The van der Waals surface area contributed by atoms with E-state index < -0.39 is 35.5 Å². The van der Waals surface area contributed by atoms with E-state index in [1.165, 1.54) is 18.0 Å². The quantitative estimate of drug-likeness (QED) is 0.0245. The Balaban J connectivity index is 3.02. The van der Waals surface area contributed by atoms with E-state index in [-0.39, 0.29) is 61.9 Å². The van der Waals surface area contributed by atoms with Crippen LogP contribution in [-0.4, -0.2) is 114 Å². The van der Waals surface area contributed by atoms with Crippen LogP contribution in [0.5, 0.6) is 0 Å². The molecule has 1 rings (SSSR count). The molecular formula is C27H51N13O6. The molecule has 0 spiro atoms. The van der Waals surface area contributed by atoms with Crippen molar-refractivity contribution < 1.29 is 19.5 Å². The van der Waals surface area contributed by atoms with Crippen LogP contribution < -0.4 is 54.6 Å². The van der Waals surface area contributed by atoms with Gasteiger partial charge in [-0.25, -0.2) is 4.79 Å². The van der Waals surface area contributed by atoms with E-state index >= 15 is 0 Å². The summed E-state index contributed by atoms with van der Waals surface area (Å²) in [6, 6.07) is -1.44. The second kappa shape index (κ2) is 21.3. The molecule has 3 unspecified atom stereocenters. The third kappa shape index (κ3) is 15.5. The number of rotatable bonds is 22. The van der Waals surface area contributed by atoms with Gasteiger partial charge in [-0.2, -0.15) is 0 Å². The van der Waals surface area contributed by atoms with Crippen molar-refractivity contribution >= 4 is 29.6 Å². The van der Waals surface area contributed by atoms with Gasteiger partial charge in [0.2, 0.25) is 17.7 Å². The summed E-state index contributed by atoms with van der Waals surface area (Å²) in [6.07, 6.45) is 2.29. The van der Waals surface area contributed by atoms with Crippen LogP contribution in [0, 0.1) is 17.7 Å². The number of H-pyrrole nitrogens is 1. The summed E-state index contributed by atoms with van der Waals surface area (Å²) in [5.74, 6) is -1.66. The Hall–Kier alpha value is -4.49. The van der Waals surface area contributed by atoms with Crippen molar-refractivity contribution in [2.24, 2.45) is 11.5 Å². The van der Waals surface area contributed by atoms with Gasteiger partial charge >= 0.3 is 5.69 Å². The molecule has 14 N–H and O–H groups in total. The first-order valence-corrected chi connectivity index (χ1v) is 15.2. The summed E-state index contributed by atoms with van der Waals surface area (Å²) in [5.41, 5.74) is 9.54. The molecule has 1 heterocycles. The van der Waals surface area contributed by atoms with Crippen molar-refractivity contribution in [2.45, 2.75) is 70.8 Å². The lowest BCUT2D eigenvalue weighted by atomic mass is 10.1. The fourth-order valence-corrected chi connectivity index (χ4v) is 4.35. The number of carbonyl (C=O) groups excluding carboxylic acids is 3. The minimum absolute atomic E-state index is 0.00499. The molecule has 0 aliphatic rings. The molecule has 19 heteroatoms. The highest BCUT2D eigenvalue weighted by molar-refractivity contribution is 5.88. The zero-order valence-electron chi connectivity index (χ0n) is 26.8. The molecular weight excluding hydrogens is 602 g/mol. The van der Waals surface area contributed by atoms with Crippen molar-refractivity contribution in [1.29, 1.82) is 10.8 Å². The van der Waals surface area contributed by atoms with Crippen LogP contribution in [0.15, 0.2) is 15.8 Å². The molecule has 1 aromatic heterocycles. The largest absolute Gasteiger partial charge is 0.376 e. The summed E-state index contributed by atoms with van der Waals surface area (Å²) in [7, 11) is 1.64. The number of aliphatic hydroxyl groups excluding tert-OH is 1. The van der Waals surface area contributed by atoms with E-state index in [1.807, 2.05) is 6.92 Å². The van der Waals surface area contributed by atoms with Crippen LogP contribution in [0.25, 0.3) is 0 Å². The third-order valence-electron chi connectivity index (χ3n) is 6.85. The minimum atomic E-state index is -1.39. The molecule has 0 aromatic carbocycles. The van der Waals surface area contributed by atoms with E-state index in [4.69, 9.17) is 22.3 Å². The Morgan fingerprint density at radius 1 is 0.957 bits per heavy atom. The molecule has 3 atom stereocenters. The van der Waals surface area contributed by atoms with Crippen molar-refractivity contribution in [3.63, 3.8) is 0 Å². The Morgan fingerprint density at radius 2 is 1.52 bits per heavy atom. The fraction of sp³-hybridized carbons (Fsp3) is 0.667. The van der Waals surface area contributed by atoms with E-state index in [1.54, 1.807) is 7.05 Å². The van der Waals surface area contributed by atoms with Gasteiger partial charge in [0, 0.05) is 44.5 Å². The van der Waals surface area contributed by atoms with Gasteiger partial charge in [0.1, 0.15) is 12.3 Å². The molecule has 3 amide bonds. The van der Waals surface area contributed by atoms with Crippen LogP contribution in [0.1, 0.15) is 44.6 Å². The molecule has 1 aromatic rings. The predicted molar refractivity (Wildman–Crippen MR) is 173 cm³/mol. The fourth-order valence-electron chi connectivity index (χ4n) is 4.35. The molecule has 0 saturated heterocycles. The van der Waals surface area contributed by atoms with E-state index in [0.717, 1.165) is 4.57 Å².